The van der Waals surface area contributed by atoms with E-state index in [1.54, 1.807) is 6.07 Å². The lowest BCUT2D eigenvalue weighted by molar-refractivity contribution is 0.1000. The molecule has 1 amide bonds. The number of aryl methyl sites for hydroxylation is 1. The van der Waals surface area contributed by atoms with Crippen LogP contribution in [0.3, 0.4) is 0 Å². The van der Waals surface area contributed by atoms with E-state index in [4.69, 9.17) is 11.5 Å². The summed E-state index contributed by atoms with van der Waals surface area (Å²) in [7, 11) is 0. The highest BCUT2D eigenvalue weighted by Crippen LogP contribution is 2.31. The van der Waals surface area contributed by atoms with Gasteiger partial charge in [0.1, 0.15) is 0 Å². The maximum absolute atomic E-state index is 11.1. The van der Waals surface area contributed by atoms with E-state index in [0.717, 1.165) is 17.8 Å². The maximum atomic E-state index is 11.1. The largest absolute Gasteiger partial charge is 0.383 e. The number of hydrogen-bond donors (Lipinski definition) is 3. The fourth-order valence-electron chi connectivity index (χ4n) is 1.98. The lowest BCUT2D eigenvalue weighted by Crippen LogP contribution is -2.31. The van der Waals surface area contributed by atoms with Gasteiger partial charge in [-0.05, 0) is 49.4 Å². The van der Waals surface area contributed by atoms with Crippen LogP contribution < -0.4 is 16.8 Å². The zero-order valence-corrected chi connectivity index (χ0v) is 10.1. The zero-order valence-electron chi connectivity index (χ0n) is 10.1. The molecule has 4 nitrogen and oxygen atoms in total. The Morgan fingerprint density at radius 2 is 2.24 bits per heavy atom. The number of benzene rings is 1. The molecule has 1 aromatic rings. The predicted molar refractivity (Wildman–Crippen MR) is 68.9 cm³/mol. The molecule has 1 saturated carbocycles. The van der Waals surface area contributed by atoms with E-state index < -0.39 is 0 Å². The van der Waals surface area contributed by atoms with Crippen molar-refractivity contribution in [3.8, 4) is 0 Å². The Bertz CT molecular complexity index is 427. The second-order valence-corrected chi connectivity index (χ2v) is 4.78. The molecule has 0 aromatic heterocycles. The van der Waals surface area contributed by atoms with Gasteiger partial charge in [0.2, 0.25) is 5.91 Å². The van der Waals surface area contributed by atoms with Gasteiger partial charge >= 0.3 is 0 Å². The summed E-state index contributed by atoms with van der Waals surface area (Å²) in [6, 6.07) is 5.78. The first-order valence-electron chi connectivity index (χ1n) is 5.98. The van der Waals surface area contributed by atoms with Crippen molar-refractivity contribution in [2.75, 3.05) is 11.9 Å². The third-order valence-corrected chi connectivity index (χ3v) is 3.26. The Kier molecular flexibility index (Phi) is 3.33. The summed E-state index contributed by atoms with van der Waals surface area (Å²) in [5.74, 6) is 0.303. The van der Waals surface area contributed by atoms with Gasteiger partial charge in [-0.1, -0.05) is 0 Å². The van der Waals surface area contributed by atoms with Gasteiger partial charge in [0, 0.05) is 23.8 Å². The van der Waals surface area contributed by atoms with Crippen LogP contribution in [0.5, 0.6) is 0 Å². The third-order valence-electron chi connectivity index (χ3n) is 3.26. The van der Waals surface area contributed by atoms with Crippen LogP contribution in [0, 0.1) is 12.8 Å². The van der Waals surface area contributed by atoms with Gasteiger partial charge in [0.05, 0.1) is 0 Å². The molecule has 0 bridgehead atoms. The minimum atomic E-state index is -0.385. The quantitative estimate of drug-likeness (QED) is 0.715. The first kappa shape index (κ1) is 11.9. The number of carbonyl (C=O) groups is 1. The van der Waals surface area contributed by atoms with Gasteiger partial charge in [0.25, 0.3) is 0 Å². The molecule has 5 N–H and O–H groups in total. The minimum Gasteiger partial charge on any atom is -0.383 e. The first-order chi connectivity index (χ1) is 8.08. The van der Waals surface area contributed by atoms with Gasteiger partial charge in [-0.2, -0.15) is 0 Å². The van der Waals surface area contributed by atoms with E-state index in [-0.39, 0.29) is 11.9 Å². The van der Waals surface area contributed by atoms with Crippen molar-refractivity contribution in [1.82, 2.24) is 0 Å². The topological polar surface area (TPSA) is 81.1 Å². The minimum absolute atomic E-state index is 0.228. The molecule has 1 aromatic carbocycles. The van der Waals surface area contributed by atoms with Crippen LogP contribution in [0.4, 0.5) is 5.69 Å². The standard InChI is InChI=1S/C13H19N3O/c1-8-6-10(4-5-11(8)13(15)17)16-7-12(14)9-2-3-9/h4-6,9,12,16H,2-3,7,14H2,1H3,(H2,15,17). The van der Waals surface area contributed by atoms with Crippen molar-refractivity contribution in [1.29, 1.82) is 0 Å². The Hall–Kier alpha value is -1.55. The van der Waals surface area contributed by atoms with Crippen molar-refractivity contribution < 1.29 is 4.79 Å². The second kappa shape index (κ2) is 4.75. The molecule has 4 heteroatoms. The molecule has 1 aliphatic carbocycles. The molecule has 17 heavy (non-hydrogen) atoms. The smallest absolute Gasteiger partial charge is 0.248 e. The summed E-state index contributed by atoms with van der Waals surface area (Å²) < 4.78 is 0. The maximum Gasteiger partial charge on any atom is 0.248 e. The van der Waals surface area contributed by atoms with E-state index in [1.807, 2.05) is 19.1 Å². The van der Waals surface area contributed by atoms with E-state index in [9.17, 15) is 4.79 Å². The predicted octanol–water partition coefficient (Wildman–Crippen LogP) is 1.24. The van der Waals surface area contributed by atoms with Gasteiger partial charge in [-0.25, -0.2) is 0 Å². The van der Waals surface area contributed by atoms with Crippen molar-refractivity contribution in [3.63, 3.8) is 0 Å². The number of hydrogen-bond acceptors (Lipinski definition) is 3. The van der Waals surface area contributed by atoms with Crippen molar-refractivity contribution >= 4 is 11.6 Å². The SMILES string of the molecule is Cc1cc(NCC(N)C2CC2)ccc1C(N)=O. The highest BCUT2D eigenvalue weighted by atomic mass is 16.1. The van der Waals surface area contributed by atoms with E-state index in [0.29, 0.717) is 11.5 Å². The molecule has 0 radical (unpaired) electrons. The molecular formula is C13H19N3O. The van der Waals surface area contributed by atoms with Gasteiger partial charge in [-0.3, -0.25) is 4.79 Å². The van der Waals surface area contributed by atoms with Crippen LogP contribution in [0.2, 0.25) is 0 Å². The van der Waals surface area contributed by atoms with Gasteiger partial charge < -0.3 is 16.8 Å². The Morgan fingerprint density at radius 3 is 2.76 bits per heavy atom. The van der Waals surface area contributed by atoms with Crippen molar-refractivity contribution in [2.24, 2.45) is 17.4 Å². The molecule has 1 atom stereocenters. The number of nitrogens with one attached hydrogen (secondary N) is 1. The van der Waals surface area contributed by atoms with Crippen LogP contribution in [0.15, 0.2) is 18.2 Å². The molecular weight excluding hydrogens is 214 g/mol. The van der Waals surface area contributed by atoms with Crippen LogP contribution in [0.25, 0.3) is 0 Å². The second-order valence-electron chi connectivity index (χ2n) is 4.78. The first-order valence-corrected chi connectivity index (χ1v) is 5.98. The fourth-order valence-corrected chi connectivity index (χ4v) is 1.98. The highest BCUT2D eigenvalue weighted by molar-refractivity contribution is 5.94. The summed E-state index contributed by atoms with van der Waals surface area (Å²) >= 11 is 0. The Balaban J connectivity index is 1.97. The monoisotopic (exact) mass is 233 g/mol. The summed E-state index contributed by atoms with van der Waals surface area (Å²) in [6.07, 6.45) is 2.50. The highest BCUT2D eigenvalue weighted by Gasteiger charge is 2.27. The summed E-state index contributed by atoms with van der Waals surface area (Å²) in [4.78, 5) is 11.1. The van der Waals surface area contributed by atoms with Gasteiger partial charge in [-0.15, -0.1) is 0 Å². The van der Waals surface area contributed by atoms with Crippen LogP contribution in [-0.4, -0.2) is 18.5 Å². The summed E-state index contributed by atoms with van der Waals surface area (Å²) in [5.41, 5.74) is 13.7. The summed E-state index contributed by atoms with van der Waals surface area (Å²) in [6.45, 7) is 2.66. The molecule has 0 aliphatic heterocycles. The molecule has 1 unspecified atom stereocenters. The number of carbonyl (C=O) groups excluding carboxylic acids is 1. The Labute approximate surface area is 101 Å². The average Bonchev–Trinajstić information content (AvgIpc) is 3.09. The van der Waals surface area contributed by atoms with Crippen LogP contribution >= 0.6 is 0 Å². The van der Waals surface area contributed by atoms with Gasteiger partial charge in [0.15, 0.2) is 0 Å². The van der Waals surface area contributed by atoms with E-state index in [2.05, 4.69) is 5.32 Å². The molecule has 92 valence electrons. The molecule has 0 spiro atoms. The molecule has 1 aliphatic rings. The molecule has 0 saturated heterocycles. The molecule has 2 rings (SSSR count). The number of nitrogens with two attached hydrogens (primary N) is 2. The van der Waals surface area contributed by atoms with Crippen molar-refractivity contribution in [3.05, 3.63) is 29.3 Å². The fraction of sp³-hybridized carbons (Fsp3) is 0.462. The third kappa shape index (κ3) is 2.97. The average molecular weight is 233 g/mol. The van der Waals surface area contributed by atoms with E-state index >= 15 is 0 Å². The lowest BCUT2D eigenvalue weighted by atomic mass is 10.1. The molecule has 1 fully saturated rings. The lowest BCUT2D eigenvalue weighted by Gasteiger charge is -2.13. The van der Waals surface area contributed by atoms with E-state index in [1.165, 1.54) is 12.8 Å². The number of rotatable bonds is 5. The zero-order chi connectivity index (χ0) is 12.4. The number of primary amides is 1. The summed E-state index contributed by atoms with van der Waals surface area (Å²) in [5, 5.41) is 3.30. The number of amides is 1. The number of anilines is 1. The normalized spacial score (nSPS) is 16.6. The van der Waals surface area contributed by atoms with Crippen LogP contribution in [0.1, 0.15) is 28.8 Å². The molecule has 0 heterocycles. The van der Waals surface area contributed by atoms with Crippen LogP contribution in [-0.2, 0) is 0 Å². The van der Waals surface area contributed by atoms with Crippen molar-refractivity contribution in [2.45, 2.75) is 25.8 Å². The Morgan fingerprint density at radius 1 is 1.53 bits per heavy atom.